The number of amides is 1. The Hall–Kier alpha value is -1.79. The van der Waals surface area contributed by atoms with Gasteiger partial charge in [0.15, 0.2) is 0 Å². The summed E-state index contributed by atoms with van der Waals surface area (Å²) >= 11 is 1.39. The zero-order chi connectivity index (χ0) is 17.3. The average Bonchev–Trinajstić information content (AvgIpc) is 2.90. The van der Waals surface area contributed by atoms with E-state index in [0.717, 1.165) is 23.5 Å². The van der Waals surface area contributed by atoms with Crippen LogP contribution < -0.4 is 10.6 Å². The van der Waals surface area contributed by atoms with Gasteiger partial charge in [0.1, 0.15) is 10.7 Å². The third-order valence-corrected chi connectivity index (χ3v) is 5.26. The van der Waals surface area contributed by atoms with E-state index in [1.807, 2.05) is 13.0 Å². The summed E-state index contributed by atoms with van der Waals surface area (Å²) < 4.78 is 14.7. The summed E-state index contributed by atoms with van der Waals surface area (Å²) in [7, 11) is 0. The van der Waals surface area contributed by atoms with Gasteiger partial charge in [-0.25, -0.2) is 9.37 Å². The number of carbonyl (C=O) groups is 1. The monoisotopic (exact) mass is 347 g/mol. The molecule has 1 aromatic heterocycles. The Kier molecular flexibility index (Phi) is 4.96. The highest BCUT2D eigenvalue weighted by Crippen LogP contribution is 2.26. The fraction of sp³-hybridized carbons (Fsp3) is 0.444. The fourth-order valence-electron chi connectivity index (χ4n) is 2.91. The maximum absolute atomic E-state index is 14.7. The van der Waals surface area contributed by atoms with Crippen molar-refractivity contribution in [3.8, 4) is 0 Å². The van der Waals surface area contributed by atoms with Crippen LogP contribution in [0.5, 0.6) is 0 Å². The predicted octanol–water partition coefficient (Wildman–Crippen LogP) is 3.69. The Labute approximate surface area is 145 Å². The van der Waals surface area contributed by atoms with Gasteiger partial charge in [-0.1, -0.05) is 19.9 Å². The molecule has 3 rings (SSSR count). The van der Waals surface area contributed by atoms with Crippen LogP contribution in [-0.4, -0.2) is 17.4 Å². The van der Waals surface area contributed by atoms with E-state index >= 15 is 0 Å². The van der Waals surface area contributed by atoms with Gasteiger partial charge >= 0.3 is 0 Å². The highest BCUT2D eigenvalue weighted by molar-refractivity contribution is 7.13. The molecule has 0 atom stereocenters. The molecule has 1 aliphatic heterocycles. The Balaban J connectivity index is 1.81. The van der Waals surface area contributed by atoms with Crippen LogP contribution in [-0.2, 0) is 19.4 Å². The van der Waals surface area contributed by atoms with Crippen molar-refractivity contribution in [2.45, 2.75) is 40.2 Å². The first-order chi connectivity index (χ1) is 11.5. The molecular formula is C18H22FN3OS. The van der Waals surface area contributed by atoms with Crippen LogP contribution in [0.15, 0.2) is 12.1 Å². The molecular weight excluding hydrogens is 325 g/mol. The number of hydrogen-bond acceptors (Lipinski definition) is 4. The summed E-state index contributed by atoms with van der Waals surface area (Å²) in [6.07, 6.45) is 1.49. The molecule has 1 aromatic carbocycles. The van der Waals surface area contributed by atoms with Crippen molar-refractivity contribution in [3.63, 3.8) is 0 Å². The number of nitrogens with one attached hydrogen (secondary N) is 2. The predicted molar refractivity (Wildman–Crippen MR) is 95.2 cm³/mol. The van der Waals surface area contributed by atoms with Crippen molar-refractivity contribution in [2.75, 3.05) is 11.9 Å². The first kappa shape index (κ1) is 17.0. The molecule has 24 heavy (non-hydrogen) atoms. The summed E-state index contributed by atoms with van der Waals surface area (Å²) in [6, 6.07) is 3.52. The second kappa shape index (κ2) is 6.99. The standard InChI is InChI=1S/C18H22FN3OS/c1-10(2)8-15-21-11(3)17(24-15)18(23)22-14-5-4-12-9-20-7-6-13(12)16(14)19/h4-5,10,20H,6-9H2,1-3H3,(H,22,23). The SMILES string of the molecule is Cc1nc(CC(C)C)sc1C(=O)Nc1ccc2c(c1F)CCNC2. The van der Waals surface area contributed by atoms with E-state index < -0.39 is 0 Å². The first-order valence-electron chi connectivity index (χ1n) is 8.24. The largest absolute Gasteiger partial charge is 0.319 e. The molecule has 4 nitrogen and oxygen atoms in total. The van der Waals surface area contributed by atoms with Gasteiger partial charge in [-0.3, -0.25) is 4.79 Å². The van der Waals surface area contributed by atoms with E-state index in [1.165, 1.54) is 11.3 Å². The Morgan fingerprint density at radius 3 is 3.00 bits per heavy atom. The maximum Gasteiger partial charge on any atom is 0.267 e. The van der Waals surface area contributed by atoms with E-state index in [-0.39, 0.29) is 17.4 Å². The maximum atomic E-state index is 14.7. The summed E-state index contributed by atoms with van der Waals surface area (Å²) in [5, 5.41) is 6.89. The molecule has 128 valence electrons. The Morgan fingerprint density at radius 1 is 1.46 bits per heavy atom. The lowest BCUT2D eigenvalue weighted by atomic mass is 9.99. The van der Waals surface area contributed by atoms with Gasteiger partial charge in [0.25, 0.3) is 5.91 Å². The third-order valence-electron chi connectivity index (χ3n) is 4.09. The quantitative estimate of drug-likeness (QED) is 0.887. The Bertz CT molecular complexity index is 770. The molecule has 2 N–H and O–H groups in total. The van der Waals surface area contributed by atoms with Crippen molar-refractivity contribution < 1.29 is 9.18 Å². The van der Waals surface area contributed by atoms with Gasteiger partial charge in [0.05, 0.1) is 16.4 Å². The fourth-order valence-corrected chi connectivity index (χ4v) is 4.08. The van der Waals surface area contributed by atoms with E-state index in [2.05, 4.69) is 29.5 Å². The van der Waals surface area contributed by atoms with Crippen LogP contribution >= 0.6 is 11.3 Å². The van der Waals surface area contributed by atoms with Gasteiger partial charge in [0, 0.05) is 13.0 Å². The van der Waals surface area contributed by atoms with Crippen LogP contribution in [0.25, 0.3) is 0 Å². The molecule has 0 bridgehead atoms. The molecule has 1 amide bonds. The second-order valence-corrected chi connectivity index (χ2v) is 7.65. The normalized spacial score (nSPS) is 13.9. The minimum atomic E-state index is -0.313. The number of aromatic nitrogens is 1. The summed E-state index contributed by atoms with van der Waals surface area (Å²) in [4.78, 5) is 17.6. The third kappa shape index (κ3) is 3.49. The second-order valence-electron chi connectivity index (χ2n) is 6.57. The molecule has 0 spiro atoms. The first-order valence-corrected chi connectivity index (χ1v) is 9.06. The average molecular weight is 347 g/mol. The van der Waals surface area contributed by atoms with E-state index in [1.54, 1.807) is 6.07 Å². The molecule has 0 aliphatic carbocycles. The van der Waals surface area contributed by atoms with Crippen molar-refractivity contribution in [1.29, 1.82) is 0 Å². The van der Waals surface area contributed by atoms with Crippen LogP contribution in [0, 0.1) is 18.7 Å². The minimum absolute atomic E-state index is 0.249. The van der Waals surface area contributed by atoms with Gasteiger partial charge in [0.2, 0.25) is 0 Å². The number of aryl methyl sites for hydroxylation is 1. The van der Waals surface area contributed by atoms with Crippen LogP contribution in [0.1, 0.15) is 45.3 Å². The zero-order valence-electron chi connectivity index (χ0n) is 14.2. The molecule has 0 fully saturated rings. The zero-order valence-corrected chi connectivity index (χ0v) is 15.0. The molecule has 0 saturated carbocycles. The van der Waals surface area contributed by atoms with Gasteiger partial charge < -0.3 is 10.6 Å². The van der Waals surface area contributed by atoms with E-state index in [0.29, 0.717) is 35.0 Å². The highest BCUT2D eigenvalue weighted by atomic mass is 32.1. The lowest BCUT2D eigenvalue weighted by Crippen LogP contribution is -2.25. The number of carbonyl (C=O) groups excluding carboxylic acids is 1. The number of fused-ring (bicyclic) bond motifs is 1. The van der Waals surface area contributed by atoms with Crippen molar-refractivity contribution >= 4 is 22.9 Å². The molecule has 0 radical (unpaired) electrons. The van der Waals surface area contributed by atoms with Crippen LogP contribution in [0.2, 0.25) is 0 Å². The summed E-state index contributed by atoms with van der Waals surface area (Å²) in [5.41, 5.74) is 2.62. The van der Waals surface area contributed by atoms with Crippen molar-refractivity contribution in [3.05, 3.63) is 44.7 Å². The molecule has 0 unspecified atom stereocenters. The van der Waals surface area contributed by atoms with Gasteiger partial charge in [-0.15, -0.1) is 11.3 Å². The highest BCUT2D eigenvalue weighted by Gasteiger charge is 2.20. The molecule has 1 aliphatic rings. The molecule has 0 saturated heterocycles. The topological polar surface area (TPSA) is 54.0 Å². The molecule has 2 aromatic rings. The number of hydrogen-bond donors (Lipinski definition) is 2. The number of benzene rings is 1. The number of anilines is 1. The van der Waals surface area contributed by atoms with Crippen LogP contribution in [0.3, 0.4) is 0 Å². The van der Waals surface area contributed by atoms with Gasteiger partial charge in [-0.2, -0.15) is 0 Å². The number of nitrogens with zero attached hydrogens (tertiary/aromatic N) is 1. The number of thiazole rings is 1. The van der Waals surface area contributed by atoms with Crippen molar-refractivity contribution in [2.24, 2.45) is 5.92 Å². The summed E-state index contributed by atoms with van der Waals surface area (Å²) in [6.45, 7) is 7.49. The smallest absolute Gasteiger partial charge is 0.267 e. The lowest BCUT2D eigenvalue weighted by molar-refractivity contribution is 0.102. The lowest BCUT2D eigenvalue weighted by Gasteiger charge is -2.19. The Morgan fingerprint density at radius 2 is 2.25 bits per heavy atom. The number of rotatable bonds is 4. The van der Waals surface area contributed by atoms with E-state index in [4.69, 9.17) is 0 Å². The number of halogens is 1. The van der Waals surface area contributed by atoms with E-state index in [9.17, 15) is 9.18 Å². The van der Waals surface area contributed by atoms with Crippen molar-refractivity contribution in [1.82, 2.24) is 10.3 Å². The van der Waals surface area contributed by atoms with Gasteiger partial charge in [-0.05, 0) is 43.0 Å². The molecule has 2 heterocycles. The minimum Gasteiger partial charge on any atom is -0.319 e. The molecule has 6 heteroatoms. The van der Waals surface area contributed by atoms with Crippen LogP contribution in [0.4, 0.5) is 10.1 Å². The summed E-state index contributed by atoms with van der Waals surface area (Å²) in [5.74, 6) is -0.113.